The Morgan fingerprint density at radius 2 is 2.17 bits per heavy atom. The number of ether oxygens (including phenoxy) is 2. The molecule has 3 heteroatoms. The maximum atomic E-state index is 10.4. The minimum atomic E-state index is -0.382. The van der Waals surface area contributed by atoms with Gasteiger partial charge in [-0.25, -0.2) is 0 Å². The van der Waals surface area contributed by atoms with E-state index in [2.05, 4.69) is 0 Å². The largest absolute Gasteiger partial charge is 0.347 e. The monoisotopic (exact) mass is 168 g/mol. The van der Waals surface area contributed by atoms with Crippen LogP contribution in [0, 0.1) is 0 Å². The minimum absolute atomic E-state index is 0.382. The molecule has 2 aliphatic rings. The molecule has 0 saturated carbocycles. The van der Waals surface area contributed by atoms with Crippen molar-refractivity contribution in [2.24, 2.45) is 0 Å². The van der Waals surface area contributed by atoms with Crippen LogP contribution < -0.4 is 0 Å². The molecule has 66 valence electrons. The highest BCUT2D eigenvalue weighted by molar-refractivity contribution is 5.73. The highest BCUT2D eigenvalue weighted by Gasteiger charge is 2.37. The molecule has 0 aromatic heterocycles. The van der Waals surface area contributed by atoms with E-state index in [0.717, 1.165) is 31.1 Å². The van der Waals surface area contributed by atoms with Gasteiger partial charge in [-0.15, -0.1) is 0 Å². The lowest BCUT2D eigenvalue weighted by atomic mass is 9.95. The fraction of sp³-hybridized carbons (Fsp3) is 0.667. The Bertz CT molecular complexity index is 214. The lowest BCUT2D eigenvalue weighted by Gasteiger charge is -2.29. The first kappa shape index (κ1) is 7.95. The summed E-state index contributed by atoms with van der Waals surface area (Å²) in [7, 11) is 0. The summed E-state index contributed by atoms with van der Waals surface area (Å²) in [6.45, 7) is 1.37. The number of aldehydes is 1. The van der Waals surface area contributed by atoms with Crippen molar-refractivity contribution in [1.82, 2.24) is 0 Å². The summed E-state index contributed by atoms with van der Waals surface area (Å²) in [4.78, 5) is 10.4. The second-order valence-corrected chi connectivity index (χ2v) is 3.21. The van der Waals surface area contributed by atoms with E-state index in [9.17, 15) is 4.79 Å². The lowest BCUT2D eigenvalue weighted by Crippen LogP contribution is -2.31. The number of carbonyl (C=O) groups excluding carboxylic acids is 1. The van der Waals surface area contributed by atoms with E-state index in [1.54, 1.807) is 0 Å². The predicted molar refractivity (Wildman–Crippen MR) is 42.6 cm³/mol. The van der Waals surface area contributed by atoms with Crippen molar-refractivity contribution in [3.63, 3.8) is 0 Å². The molecule has 3 nitrogen and oxygen atoms in total. The highest BCUT2D eigenvalue weighted by atomic mass is 16.7. The van der Waals surface area contributed by atoms with Crippen molar-refractivity contribution in [2.45, 2.75) is 25.0 Å². The number of rotatable bonds is 1. The molecule has 0 aromatic rings. The van der Waals surface area contributed by atoms with E-state index in [1.807, 2.05) is 6.08 Å². The van der Waals surface area contributed by atoms with Gasteiger partial charge in [0, 0.05) is 12.8 Å². The standard InChI is InChI=1S/C9H12O3/c10-7-8-1-3-9(4-2-8)11-5-6-12-9/h1,7H,2-6H2. The normalized spacial score (nSPS) is 27.2. The second kappa shape index (κ2) is 2.99. The van der Waals surface area contributed by atoms with Crippen molar-refractivity contribution in [3.8, 4) is 0 Å². The molecule has 1 aliphatic heterocycles. The van der Waals surface area contributed by atoms with E-state index < -0.39 is 0 Å². The van der Waals surface area contributed by atoms with Crippen LogP contribution in [0.15, 0.2) is 11.6 Å². The average Bonchev–Trinajstić information content (AvgIpc) is 2.55. The van der Waals surface area contributed by atoms with Gasteiger partial charge in [0.2, 0.25) is 0 Å². The van der Waals surface area contributed by atoms with Crippen molar-refractivity contribution < 1.29 is 14.3 Å². The lowest BCUT2D eigenvalue weighted by molar-refractivity contribution is -0.161. The molecule has 12 heavy (non-hydrogen) atoms. The zero-order chi connectivity index (χ0) is 8.44. The molecule has 0 bridgehead atoms. The summed E-state index contributed by atoms with van der Waals surface area (Å²) in [5, 5.41) is 0. The smallest absolute Gasteiger partial charge is 0.172 e. The van der Waals surface area contributed by atoms with Crippen LogP contribution in [0.1, 0.15) is 19.3 Å². The van der Waals surface area contributed by atoms with Crippen LogP contribution >= 0.6 is 0 Å². The van der Waals surface area contributed by atoms with Crippen LogP contribution in [0.4, 0.5) is 0 Å². The topological polar surface area (TPSA) is 35.5 Å². The quantitative estimate of drug-likeness (QED) is 0.549. The Morgan fingerprint density at radius 3 is 2.67 bits per heavy atom. The fourth-order valence-electron chi connectivity index (χ4n) is 1.69. The number of carbonyl (C=O) groups is 1. The first-order chi connectivity index (χ1) is 5.85. The Hall–Kier alpha value is -0.670. The molecule has 1 spiro atoms. The van der Waals surface area contributed by atoms with Gasteiger partial charge in [-0.1, -0.05) is 6.08 Å². The zero-order valence-electron chi connectivity index (χ0n) is 6.91. The van der Waals surface area contributed by atoms with Gasteiger partial charge in [0.05, 0.1) is 13.2 Å². The molecule has 0 unspecified atom stereocenters. The van der Waals surface area contributed by atoms with Crippen LogP contribution in [0.25, 0.3) is 0 Å². The van der Waals surface area contributed by atoms with Crippen LogP contribution in [0.2, 0.25) is 0 Å². The van der Waals surface area contributed by atoms with Gasteiger partial charge in [0.15, 0.2) is 5.79 Å². The maximum Gasteiger partial charge on any atom is 0.172 e. The second-order valence-electron chi connectivity index (χ2n) is 3.21. The number of hydrogen-bond acceptors (Lipinski definition) is 3. The summed E-state index contributed by atoms with van der Waals surface area (Å²) in [5.41, 5.74) is 0.875. The summed E-state index contributed by atoms with van der Waals surface area (Å²) >= 11 is 0. The summed E-state index contributed by atoms with van der Waals surface area (Å²) in [6, 6.07) is 0. The molecule has 1 aliphatic carbocycles. The molecule has 1 saturated heterocycles. The van der Waals surface area contributed by atoms with Crippen molar-refractivity contribution in [3.05, 3.63) is 11.6 Å². The molecule has 1 fully saturated rings. The third kappa shape index (κ3) is 1.30. The molecule has 0 amide bonds. The van der Waals surface area contributed by atoms with Gasteiger partial charge in [0.1, 0.15) is 6.29 Å². The molecule has 0 N–H and O–H groups in total. The Kier molecular flexibility index (Phi) is 1.98. The molecule has 2 rings (SSSR count). The number of allylic oxidation sites excluding steroid dienone is 1. The van der Waals surface area contributed by atoms with Gasteiger partial charge in [-0.2, -0.15) is 0 Å². The number of hydrogen-bond donors (Lipinski definition) is 0. The Balaban J connectivity index is 2.05. The third-order valence-electron chi connectivity index (χ3n) is 2.43. The highest BCUT2D eigenvalue weighted by Crippen LogP contribution is 2.34. The molecule has 0 radical (unpaired) electrons. The predicted octanol–water partition coefficient (Wildman–Crippen LogP) is 1.04. The van der Waals surface area contributed by atoms with Crippen LogP contribution in [0.5, 0.6) is 0 Å². The first-order valence-corrected chi connectivity index (χ1v) is 4.27. The minimum Gasteiger partial charge on any atom is -0.347 e. The van der Waals surface area contributed by atoms with Gasteiger partial charge in [-0.05, 0) is 12.0 Å². The molecule has 0 atom stereocenters. The van der Waals surface area contributed by atoms with Crippen molar-refractivity contribution in [2.75, 3.05) is 13.2 Å². The van der Waals surface area contributed by atoms with Gasteiger partial charge >= 0.3 is 0 Å². The Labute approximate surface area is 71.3 Å². The van der Waals surface area contributed by atoms with Gasteiger partial charge in [-0.3, -0.25) is 4.79 Å². The first-order valence-electron chi connectivity index (χ1n) is 4.27. The van der Waals surface area contributed by atoms with Crippen LogP contribution in [0.3, 0.4) is 0 Å². The van der Waals surface area contributed by atoms with Crippen LogP contribution in [-0.4, -0.2) is 25.3 Å². The molecule has 1 heterocycles. The van der Waals surface area contributed by atoms with Gasteiger partial charge < -0.3 is 9.47 Å². The molecular weight excluding hydrogens is 156 g/mol. The summed E-state index contributed by atoms with van der Waals surface area (Å²) in [6.07, 6.45) is 5.16. The SMILES string of the molecule is O=CC1=CCC2(CC1)OCCO2. The van der Waals surface area contributed by atoms with E-state index in [-0.39, 0.29) is 5.79 Å². The van der Waals surface area contributed by atoms with Crippen molar-refractivity contribution >= 4 is 6.29 Å². The average molecular weight is 168 g/mol. The zero-order valence-corrected chi connectivity index (χ0v) is 6.91. The molecule has 0 aromatic carbocycles. The van der Waals surface area contributed by atoms with Crippen LogP contribution in [-0.2, 0) is 14.3 Å². The van der Waals surface area contributed by atoms with E-state index in [0.29, 0.717) is 13.2 Å². The Morgan fingerprint density at radius 1 is 1.42 bits per heavy atom. The van der Waals surface area contributed by atoms with Gasteiger partial charge in [0.25, 0.3) is 0 Å². The van der Waals surface area contributed by atoms with Crippen molar-refractivity contribution in [1.29, 1.82) is 0 Å². The van der Waals surface area contributed by atoms with E-state index in [1.165, 1.54) is 0 Å². The fourth-order valence-corrected chi connectivity index (χ4v) is 1.69. The summed E-state index contributed by atoms with van der Waals surface area (Å²) < 4.78 is 11.0. The third-order valence-corrected chi connectivity index (χ3v) is 2.43. The molecular formula is C9H12O3. The maximum absolute atomic E-state index is 10.4. The van der Waals surface area contributed by atoms with E-state index in [4.69, 9.17) is 9.47 Å². The summed E-state index contributed by atoms with van der Waals surface area (Å²) in [5.74, 6) is -0.382. The van der Waals surface area contributed by atoms with E-state index >= 15 is 0 Å².